The van der Waals surface area contributed by atoms with E-state index < -0.39 is 5.54 Å². The first kappa shape index (κ1) is 13.3. The number of imidazole rings is 1. The van der Waals surface area contributed by atoms with Gasteiger partial charge in [-0.05, 0) is 0 Å². The zero-order valence-electron chi connectivity index (χ0n) is 11.8. The van der Waals surface area contributed by atoms with Gasteiger partial charge in [0.1, 0.15) is 11.5 Å². The Balaban J connectivity index is 2.40. The molecule has 0 aliphatic heterocycles. The predicted octanol–water partition coefficient (Wildman–Crippen LogP) is 2.81. The van der Waals surface area contributed by atoms with Crippen molar-refractivity contribution in [1.29, 1.82) is 0 Å². The Bertz CT molecular complexity index is 592. The number of hydrogen-bond donors (Lipinski definition) is 0. The summed E-state index contributed by atoms with van der Waals surface area (Å²) in [5.74, 6) is 0.856. The monoisotopic (exact) mass is 257 g/mol. The molecule has 0 saturated heterocycles. The van der Waals surface area contributed by atoms with E-state index in [1.807, 2.05) is 62.7 Å². The number of benzene rings is 1. The molecule has 2 rings (SSSR count). The molecule has 0 aliphatic carbocycles. The maximum absolute atomic E-state index is 12.0. The summed E-state index contributed by atoms with van der Waals surface area (Å²) in [7, 11) is 1.91. The minimum Gasteiger partial charge on any atom is -0.623 e. The number of rotatable bonds is 2. The standard InChI is InChI=1S/C15H19N3O/c1-15(2,3)18(19)11-13-10-16-14(17(13)4)12-8-6-5-7-9-12/h5-11H,1-4H3/b18-11-. The van der Waals surface area contributed by atoms with Gasteiger partial charge in [-0.3, -0.25) is 0 Å². The number of aromatic nitrogens is 2. The van der Waals surface area contributed by atoms with Gasteiger partial charge in [0.15, 0.2) is 5.54 Å². The predicted molar refractivity (Wildman–Crippen MR) is 77.2 cm³/mol. The third-order valence-electron chi connectivity index (χ3n) is 2.97. The Morgan fingerprint density at radius 3 is 2.42 bits per heavy atom. The Morgan fingerprint density at radius 2 is 1.84 bits per heavy atom. The van der Waals surface area contributed by atoms with E-state index in [4.69, 9.17) is 0 Å². The van der Waals surface area contributed by atoms with Gasteiger partial charge in [-0.1, -0.05) is 30.3 Å². The smallest absolute Gasteiger partial charge is 0.200 e. The van der Waals surface area contributed by atoms with Crippen molar-refractivity contribution in [2.45, 2.75) is 26.3 Å². The molecule has 0 saturated carbocycles. The van der Waals surface area contributed by atoms with E-state index in [1.54, 1.807) is 12.4 Å². The fraction of sp³-hybridized carbons (Fsp3) is 0.333. The van der Waals surface area contributed by atoms with Crippen LogP contribution in [0.15, 0.2) is 36.5 Å². The molecule has 0 unspecified atom stereocenters. The summed E-state index contributed by atoms with van der Waals surface area (Å²) < 4.78 is 2.88. The van der Waals surface area contributed by atoms with E-state index in [0.29, 0.717) is 0 Å². The van der Waals surface area contributed by atoms with Crippen molar-refractivity contribution in [1.82, 2.24) is 9.55 Å². The average Bonchev–Trinajstić information content (AvgIpc) is 2.71. The van der Waals surface area contributed by atoms with Gasteiger partial charge in [-0.25, -0.2) is 9.72 Å². The van der Waals surface area contributed by atoms with Gasteiger partial charge in [0, 0.05) is 33.4 Å². The summed E-state index contributed by atoms with van der Waals surface area (Å²) in [5, 5.41) is 12.0. The topological polar surface area (TPSA) is 43.9 Å². The van der Waals surface area contributed by atoms with Crippen LogP contribution < -0.4 is 0 Å². The normalized spacial score (nSPS) is 12.7. The maximum atomic E-state index is 12.0. The second-order valence-electron chi connectivity index (χ2n) is 5.56. The molecule has 0 N–H and O–H groups in total. The van der Waals surface area contributed by atoms with Crippen LogP contribution in [0.1, 0.15) is 26.5 Å². The highest BCUT2D eigenvalue weighted by molar-refractivity contribution is 5.75. The summed E-state index contributed by atoms with van der Waals surface area (Å²) in [6.07, 6.45) is 3.30. The first-order valence-corrected chi connectivity index (χ1v) is 6.28. The van der Waals surface area contributed by atoms with Gasteiger partial charge in [-0.15, -0.1) is 0 Å². The van der Waals surface area contributed by atoms with E-state index in [1.165, 1.54) is 0 Å². The van der Waals surface area contributed by atoms with Crippen LogP contribution in [-0.4, -0.2) is 26.0 Å². The third-order valence-corrected chi connectivity index (χ3v) is 2.97. The second-order valence-corrected chi connectivity index (χ2v) is 5.56. The molecule has 1 aromatic heterocycles. The van der Waals surface area contributed by atoms with Gasteiger partial charge in [0.05, 0.1) is 6.20 Å². The molecule has 4 nitrogen and oxygen atoms in total. The molecule has 0 fully saturated rings. The Morgan fingerprint density at radius 1 is 1.21 bits per heavy atom. The number of nitrogens with zero attached hydrogens (tertiary/aromatic N) is 3. The van der Waals surface area contributed by atoms with Crippen LogP contribution in [0.2, 0.25) is 0 Å². The van der Waals surface area contributed by atoms with E-state index in [0.717, 1.165) is 21.8 Å². The molecule has 1 heterocycles. The summed E-state index contributed by atoms with van der Waals surface area (Å²) in [4.78, 5) is 4.39. The molecular weight excluding hydrogens is 238 g/mol. The molecule has 0 bridgehead atoms. The average molecular weight is 257 g/mol. The minimum atomic E-state index is -0.447. The van der Waals surface area contributed by atoms with Crippen LogP contribution in [0.5, 0.6) is 0 Å². The molecule has 4 heteroatoms. The first-order valence-electron chi connectivity index (χ1n) is 6.28. The van der Waals surface area contributed by atoms with Crippen LogP contribution in [0.4, 0.5) is 0 Å². The first-order chi connectivity index (χ1) is 8.89. The van der Waals surface area contributed by atoms with Crippen LogP contribution >= 0.6 is 0 Å². The SMILES string of the molecule is Cn1c(/C=[N+](\[O-])C(C)(C)C)cnc1-c1ccccc1. The maximum Gasteiger partial charge on any atom is 0.200 e. The van der Waals surface area contributed by atoms with Crippen LogP contribution in [0, 0.1) is 5.21 Å². The van der Waals surface area contributed by atoms with Crippen molar-refractivity contribution in [3.8, 4) is 11.4 Å². The molecular formula is C15H19N3O. The highest BCUT2D eigenvalue weighted by Crippen LogP contribution is 2.17. The lowest BCUT2D eigenvalue weighted by Gasteiger charge is -2.18. The van der Waals surface area contributed by atoms with Gasteiger partial charge in [-0.2, -0.15) is 0 Å². The Labute approximate surface area is 113 Å². The van der Waals surface area contributed by atoms with Crippen molar-refractivity contribution >= 4 is 6.21 Å². The van der Waals surface area contributed by atoms with Gasteiger partial charge in [0.2, 0.25) is 6.21 Å². The fourth-order valence-electron chi connectivity index (χ4n) is 1.71. The lowest BCUT2D eigenvalue weighted by atomic mass is 10.1. The molecule has 0 amide bonds. The fourth-order valence-corrected chi connectivity index (χ4v) is 1.71. The zero-order chi connectivity index (χ0) is 14.0. The molecule has 1 aromatic carbocycles. The largest absolute Gasteiger partial charge is 0.623 e. The molecule has 0 atom stereocenters. The van der Waals surface area contributed by atoms with E-state index in [2.05, 4.69) is 4.98 Å². The number of hydrogen-bond acceptors (Lipinski definition) is 2. The van der Waals surface area contributed by atoms with E-state index >= 15 is 0 Å². The van der Waals surface area contributed by atoms with Crippen LogP contribution in [0.25, 0.3) is 11.4 Å². The lowest BCUT2D eigenvalue weighted by molar-refractivity contribution is -0.530. The third kappa shape index (κ3) is 2.84. The van der Waals surface area contributed by atoms with E-state index in [-0.39, 0.29) is 0 Å². The zero-order valence-corrected chi connectivity index (χ0v) is 11.8. The van der Waals surface area contributed by atoms with Crippen molar-refractivity contribution in [3.05, 3.63) is 47.4 Å². The van der Waals surface area contributed by atoms with Crippen LogP contribution in [0.3, 0.4) is 0 Å². The molecule has 0 spiro atoms. The van der Waals surface area contributed by atoms with Crippen molar-refractivity contribution < 1.29 is 4.74 Å². The molecule has 100 valence electrons. The van der Waals surface area contributed by atoms with Crippen molar-refractivity contribution in [2.24, 2.45) is 7.05 Å². The Hall–Kier alpha value is -2.10. The summed E-state index contributed by atoms with van der Waals surface area (Å²) in [6, 6.07) is 9.93. The molecule has 0 aliphatic rings. The number of hydroxylamine groups is 1. The molecule has 19 heavy (non-hydrogen) atoms. The van der Waals surface area contributed by atoms with Gasteiger partial charge in [0.25, 0.3) is 0 Å². The summed E-state index contributed by atoms with van der Waals surface area (Å²) >= 11 is 0. The van der Waals surface area contributed by atoms with Gasteiger partial charge < -0.3 is 9.77 Å². The second kappa shape index (κ2) is 4.88. The molecule has 0 radical (unpaired) electrons. The Kier molecular flexibility index (Phi) is 3.42. The van der Waals surface area contributed by atoms with Crippen molar-refractivity contribution in [3.63, 3.8) is 0 Å². The molecule has 2 aromatic rings. The van der Waals surface area contributed by atoms with Crippen molar-refractivity contribution in [2.75, 3.05) is 0 Å². The lowest BCUT2D eigenvalue weighted by Crippen LogP contribution is -2.29. The summed E-state index contributed by atoms with van der Waals surface area (Å²) in [6.45, 7) is 5.64. The highest BCUT2D eigenvalue weighted by atomic mass is 16.5. The minimum absolute atomic E-state index is 0.447. The van der Waals surface area contributed by atoms with Crippen LogP contribution in [-0.2, 0) is 7.05 Å². The quantitative estimate of drug-likeness (QED) is 0.359. The van der Waals surface area contributed by atoms with Gasteiger partial charge >= 0.3 is 0 Å². The highest BCUT2D eigenvalue weighted by Gasteiger charge is 2.19. The summed E-state index contributed by atoms with van der Waals surface area (Å²) in [5.41, 5.74) is 1.39. The van der Waals surface area contributed by atoms with E-state index in [9.17, 15) is 5.21 Å².